The van der Waals surface area contributed by atoms with Crippen molar-refractivity contribution in [3.8, 4) is 6.07 Å². The highest BCUT2D eigenvalue weighted by atomic mass is 19.1. The summed E-state index contributed by atoms with van der Waals surface area (Å²) in [6.07, 6.45) is 2.47. The SMILES string of the molecule is Cc1cc(F)cc(NC(C#N)c2cccc(C3CC3)c2)c1. The highest BCUT2D eigenvalue weighted by Crippen LogP contribution is 2.40. The van der Waals surface area contributed by atoms with E-state index in [2.05, 4.69) is 23.5 Å². The number of nitriles is 1. The Bertz CT molecular complexity index is 678. The fraction of sp³-hybridized carbons (Fsp3) is 0.278. The molecule has 1 saturated carbocycles. The van der Waals surface area contributed by atoms with Gasteiger partial charge in [-0.3, -0.25) is 0 Å². The zero-order chi connectivity index (χ0) is 14.8. The molecule has 3 rings (SSSR count). The summed E-state index contributed by atoms with van der Waals surface area (Å²) >= 11 is 0. The van der Waals surface area contributed by atoms with Crippen LogP contribution in [0.4, 0.5) is 10.1 Å². The second kappa shape index (κ2) is 5.57. The summed E-state index contributed by atoms with van der Waals surface area (Å²) in [5.41, 5.74) is 3.70. The fourth-order valence-electron chi connectivity index (χ4n) is 2.59. The van der Waals surface area contributed by atoms with Crippen molar-refractivity contribution >= 4 is 5.69 Å². The van der Waals surface area contributed by atoms with Crippen LogP contribution in [0.25, 0.3) is 0 Å². The van der Waals surface area contributed by atoms with E-state index in [-0.39, 0.29) is 5.82 Å². The zero-order valence-electron chi connectivity index (χ0n) is 11.9. The number of nitrogens with zero attached hydrogens (tertiary/aromatic N) is 1. The minimum Gasteiger partial charge on any atom is -0.366 e. The van der Waals surface area contributed by atoms with Gasteiger partial charge in [0, 0.05) is 5.69 Å². The van der Waals surface area contributed by atoms with E-state index in [1.165, 1.54) is 30.5 Å². The monoisotopic (exact) mass is 280 g/mol. The molecule has 1 aliphatic carbocycles. The maximum absolute atomic E-state index is 13.4. The Hall–Kier alpha value is -2.34. The van der Waals surface area contributed by atoms with Gasteiger partial charge in [-0.1, -0.05) is 24.3 Å². The Morgan fingerprint density at radius 2 is 2.05 bits per heavy atom. The van der Waals surface area contributed by atoms with Crippen LogP contribution in [0.5, 0.6) is 0 Å². The van der Waals surface area contributed by atoms with E-state index in [0.717, 1.165) is 11.1 Å². The van der Waals surface area contributed by atoms with Crippen LogP contribution in [0.2, 0.25) is 0 Å². The minimum atomic E-state index is -0.468. The van der Waals surface area contributed by atoms with Crippen molar-refractivity contribution in [2.75, 3.05) is 5.32 Å². The summed E-state index contributed by atoms with van der Waals surface area (Å²) in [6.45, 7) is 1.84. The van der Waals surface area contributed by atoms with Gasteiger partial charge in [-0.05, 0) is 60.6 Å². The third-order valence-electron chi connectivity index (χ3n) is 3.77. The second-order valence-electron chi connectivity index (χ2n) is 5.67. The molecular weight excluding hydrogens is 263 g/mol. The van der Waals surface area contributed by atoms with Crippen molar-refractivity contribution in [3.63, 3.8) is 0 Å². The molecule has 1 aliphatic rings. The lowest BCUT2D eigenvalue weighted by Crippen LogP contribution is -2.09. The average molecular weight is 280 g/mol. The lowest BCUT2D eigenvalue weighted by Gasteiger charge is -2.15. The maximum Gasteiger partial charge on any atom is 0.140 e. The normalized spacial score (nSPS) is 15.3. The molecule has 1 fully saturated rings. The molecule has 2 aromatic rings. The van der Waals surface area contributed by atoms with Crippen LogP contribution in [-0.2, 0) is 0 Å². The lowest BCUT2D eigenvalue weighted by atomic mass is 10.0. The van der Waals surface area contributed by atoms with Crippen LogP contribution in [0.3, 0.4) is 0 Å². The predicted octanol–water partition coefficient (Wildman–Crippen LogP) is 4.69. The van der Waals surface area contributed by atoms with E-state index >= 15 is 0 Å². The molecule has 0 saturated heterocycles. The first kappa shape index (κ1) is 13.6. The van der Waals surface area contributed by atoms with Crippen LogP contribution >= 0.6 is 0 Å². The maximum atomic E-state index is 13.4. The average Bonchev–Trinajstić information content (AvgIpc) is 3.28. The van der Waals surface area contributed by atoms with Crippen LogP contribution in [0.1, 0.15) is 41.5 Å². The van der Waals surface area contributed by atoms with E-state index < -0.39 is 6.04 Å². The molecule has 3 heteroatoms. The Kier molecular flexibility index (Phi) is 3.62. The van der Waals surface area contributed by atoms with E-state index in [4.69, 9.17) is 0 Å². The van der Waals surface area contributed by atoms with Crippen molar-refractivity contribution in [2.24, 2.45) is 0 Å². The number of hydrogen-bond donors (Lipinski definition) is 1. The zero-order valence-corrected chi connectivity index (χ0v) is 11.9. The first-order valence-electron chi connectivity index (χ1n) is 7.19. The van der Waals surface area contributed by atoms with E-state index in [0.29, 0.717) is 11.6 Å². The Morgan fingerprint density at radius 3 is 2.71 bits per heavy atom. The number of benzene rings is 2. The van der Waals surface area contributed by atoms with Crippen molar-refractivity contribution < 1.29 is 4.39 Å². The number of hydrogen-bond acceptors (Lipinski definition) is 2. The van der Waals surface area contributed by atoms with Gasteiger partial charge in [0.15, 0.2) is 0 Å². The van der Waals surface area contributed by atoms with Gasteiger partial charge < -0.3 is 5.32 Å². The van der Waals surface area contributed by atoms with Crippen molar-refractivity contribution in [1.29, 1.82) is 5.26 Å². The summed E-state index contributed by atoms with van der Waals surface area (Å²) in [5.74, 6) is 0.363. The molecule has 2 nitrogen and oxygen atoms in total. The number of halogens is 1. The van der Waals surface area contributed by atoms with E-state index in [1.807, 2.05) is 25.1 Å². The summed E-state index contributed by atoms with van der Waals surface area (Å²) in [5, 5.41) is 12.5. The lowest BCUT2D eigenvalue weighted by molar-refractivity contribution is 0.627. The standard InChI is InChI=1S/C18H17FN2/c1-12-7-16(19)10-17(8-12)21-18(11-20)15-4-2-3-14(9-15)13-5-6-13/h2-4,7-10,13,18,21H,5-6H2,1H3. The first-order valence-corrected chi connectivity index (χ1v) is 7.19. The predicted molar refractivity (Wildman–Crippen MR) is 81.5 cm³/mol. The quantitative estimate of drug-likeness (QED) is 0.882. The molecule has 1 unspecified atom stereocenters. The summed E-state index contributed by atoms with van der Waals surface area (Å²) in [7, 11) is 0. The Labute approximate surface area is 124 Å². The molecule has 0 aromatic heterocycles. The number of nitrogens with one attached hydrogen (secondary N) is 1. The summed E-state index contributed by atoms with van der Waals surface area (Å²) < 4.78 is 13.4. The van der Waals surface area contributed by atoms with E-state index in [9.17, 15) is 9.65 Å². The molecule has 106 valence electrons. The van der Waals surface area contributed by atoms with Crippen molar-refractivity contribution in [1.82, 2.24) is 0 Å². The van der Waals surface area contributed by atoms with Gasteiger partial charge in [-0.15, -0.1) is 0 Å². The summed E-state index contributed by atoms with van der Waals surface area (Å²) in [4.78, 5) is 0. The summed E-state index contributed by atoms with van der Waals surface area (Å²) in [6, 6.07) is 14.7. The smallest absolute Gasteiger partial charge is 0.140 e. The van der Waals surface area contributed by atoms with Gasteiger partial charge in [0.2, 0.25) is 0 Å². The topological polar surface area (TPSA) is 35.8 Å². The Balaban J connectivity index is 1.84. The van der Waals surface area contributed by atoms with E-state index in [1.54, 1.807) is 0 Å². The van der Waals surface area contributed by atoms with Crippen LogP contribution in [0, 0.1) is 24.1 Å². The number of aryl methyl sites for hydroxylation is 1. The second-order valence-corrected chi connectivity index (χ2v) is 5.67. The molecule has 2 aromatic carbocycles. The molecule has 0 amide bonds. The molecule has 21 heavy (non-hydrogen) atoms. The first-order chi connectivity index (χ1) is 10.2. The molecule has 0 aliphatic heterocycles. The molecular formula is C18H17FN2. The van der Waals surface area contributed by atoms with Gasteiger partial charge >= 0.3 is 0 Å². The van der Waals surface area contributed by atoms with Gasteiger partial charge in [0.25, 0.3) is 0 Å². The van der Waals surface area contributed by atoms with Crippen LogP contribution in [0.15, 0.2) is 42.5 Å². The van der Waals surface area contributed by atoms with Crippen molar-refractivity contribution in [2.45, 2.75) is 31.7 Å². The van der Waals surface area contributed by atoms with Gasteiger partial charge in [-0.25, -0.2) is 4.39 Å². The number of anilines is 1. The largest absolute Gasteiger partial charge is 0.366 e. The third kappa shape index (κ3) is 3.22. The van der Waals surface area contributed by atoms with Gasteiger partial charge in [0.05, 0.1) is 6.07 Å². The highest BCUT2D eigenvalue weighted by molar-refractivity contribution is 5.50. The molecule has 0 heterocycles. The van der Waals surface area contributed by atoms with Gasteiger partial charge in [-0.2, -0.15) is 5.26 Å². The fourth-order valence-corrected chi connectivity index (χ4v) is 2.59. The molecule has 1 atom stereocenters. The third-order valence-corrected chi connectivity index (χ3v) is 3.77. The van der Waals surface area contributed by atoms with Crippen LogP contribution in [-0.4, -0.2) is 0 Å². The molecule has 0 bridgehead atoms. The Morgan fingerprint density at radius 1 is 1.24 bits per heavy atom. The van der Waals surface area contributed by atoms with Crippen molar-refractivity contribution in [3.05, 3.63) is 65.0 Å². The highest BCUT2D eigenvalue weighted by Gasteiger charge is 2.24. The number of rotatable bonds is 4. The van der Waals surface area contributed by atoms with Crippen LogP contribution < -0.4 is 5.32 Å². The van der Waals surface area contributed by atoms with Gasteiger partial charge in [0.1, 0.15) is 11.9 Å². The molecule has 0 spiro atoms. The molecule has 1 N–H and O–H groups in total. The minimum absolute atomic E-state index is 0.291. The molecule has 0 radical (unpaired) electrons.